The highest BCUT2D eigenvalue weighted by Gasteiger charge is 2.16. The Labute approximate surface area is 135 Å². The summed E-state index contributed by atoms with van der Waals surface area (Å²) in [6.45, 7) is 2.20. The van der Waals surface area contributed by atoms with E-state index in [9.17, 15) is 4.39 Å². The maximum atomic E-state index is 13.4. The van der Waals surface area contributed by atoms with Gasteiger partial charge >= 0.3 is 0 Å². The lowest BCUT2D eigenvalue weighted by Crippen LogP contribution is -1.98. The fraction of sp³-hybridized carbons (Fsp3) is 0.0909. The Hall–Kier alpha value is -2.67. The minimum Gasteiger partial charge on any atom is -0.207 e. The summed E-state index contributed by atoms with van der Waals surface area (Å²) in [7, 11) is 0. The van der Waals surface area contributed by atoms with Crippen LogP contribution in [0, 0.1) is 12.7 Å². The number of allylic oxidation sites excluding steroid dienone is 3. The van der Waals surface area contributed by atoms with E-state index in [1.165, 1.54) is 45.2 Å². The first-order valence-electron chi connectivity index (χ1n) is 7.89. The normalized spacial score (nSPS) is 13.1. The van der Waals surface area contributed by atoms with Gasteiger partial charge in [0.2, 0.25) is 0 Å². The van der Waals surface area contributed by atoms with Crippen molar-refractivity contribution >= 4 is 16.8 Å². The van der Waals surface area contributed by atoms with E-state index in [-0.39, 0.29) is 5.82 Å². The monoisotopic (exact) mass is 300 g/mol. The Morgan fingerprint density at radius 2 is 1.61 bits per heavy atom. The number of benzene rings is 3. The molecular formula is C22H17F. The molecule has 0 bridgehead atoms. The van der Waals surface area contributed by atoms with Gasteiger partial charge in [-0.2, -0.15) is 0 Å². The second kappa shape index (κ2) is 5.51. The third kappa shape index (κ3) is 2.29. The van der Waals surface area contributed by atoms with Gasteiger partial charge in [0.05, 0.1) is 0 Å². The predicted octanol–water partition coefficient (Wildman–Crippen LogP) is 6.08. The molecule has 3 aromatic carbocycles. The minimum absolute atomic E-state index is 0.200. The number of halogens is 1. The molecule has 0 N–H and O–H groups in total. The maximum absolute atomic E-state index is 13.4. The van der Waals surface area contributed by atoms with Crippen LogP contribution < -0.4 is 0 Å². The van der Waals surface area contributed by atoms with Crippen LogP contribution in [0.5, 0.6) is 0 Å². The smallest absolute Gasteiger partial charge is 0.123 e. The summed E-state index contributed by atoms with van der Waals surface area (Å²) in [5.41, 5.74) is 6.19. The first-order chi connectivity index (χ1) is 11.3. The first-order valence-corrected chi connectivity index (χ1v) is 7.89. The summed E-state index contributed by atoms with van der Waals surface area (Å²) in [5.74, 6) is -0.200. The van der Waals surface area contributed by atoms with E-state index < -0.39 is 0 Å². The van der Waals surface area contributed by atoms with E-state index in [0.717, 1.165) is 12.0 Å². The Morgan fingerprint density at radius 1 is 0.870 bits per heavy atom. The molecule has 0 fully saturated rings. The van der Waals surface area contributed by atoms with Gasteiger partial charge in [-0.25, -0.2) is 4.39 Å². The summed E-state index contributed by atoms with van der Waals surface area (Å²) in [5, 5.41) is 2.50. The average molecular weight is 300 g/mol. The second-order valence-electron chi connectivity index (χ2n) is 5.94. The maximum Gasteiger partial charge on any atom is 0.123 e. The van der Waals surface area contributed by atoms with Gasteiger partial charge in [-0.05, 0) is 64.1 Å². The Kier molecular flexibility index (Phi) is 3.34. The largest absolute Gasteiger partial charge is 0.207 e. The van der Waals surface area contributed by atoms with Crippen LogP contribution in [0.25, 0.3) is 28.0 Å². The van der Waals surface area contributed by atoms with Gasteiger partial charge in [-0.1, -0.05) is 60.7 Å². The third-order valence-corrected chi connectivity index (χ3v) is 4.61. The molecule has 0 heterocycles. The quantitative estimate of drug-likeness (QED) is 0.511. The van der Waals surface area contributed by atoms with Crippen molar-refractivity contribution in [3.63, 3.8) is 0 Å². The topological polar surface area (TPSA) is 0 Å². The summed E-state index contributed by atoms with van der Waals surface area (Å²) in [6.07, 6.45) is 9.48. The summed E-state index contributed by atoms with van der Waals surface area (Å²) >= 11 is 0. The van der Waals surface area contributed by atoms with E-state index >= 15 is 0 Å². The molecule has 1 aliphatic carbocycles. The third-order valence-electron chi connectivity index (χ3n) is 4.61. The first kappa shape index (κ1) is 14.0. The van der Waals surface area contributed by atoms with Crippen LogP contribution in [0.4, 0.5) is 4.39 Å². The number of aryl methyl sites for hydroxylation is 1. The van der Waals surface area contributed by atoms with Gasteiger partial charge in [0.1, 0.15) is 5.82 Å². The molecule has 23 heavy (non-hydrogen) atoms. The highest BCUT2D eigenvalue weighted by molar-refractivity contribution is 6.03. The van der Waals surface area contributed by atoms with Crippen LogP contribution in [-0.2, 0) is 6.42 Å². The lowest BCUT2D eigenvalue weighted by Gasteiger charge is -2.18. The van der Waals surface area contributed by atoms with Gasteiger partial charge in [0, 0.05) is 0 Å². The fourth-order valence-corrected chi connectivity index (χ4v) is 3.48. The molecule has 0 atom stereocenters. The number of fused-ring (bicyclic) bond motifs is 2. The van der Waals surface area contributed by atoms with Crippen LogP contribution in [0.15, 0.2) is 66.8 Å². The van der Waals surface area contributed by atoms with Crippen molar-refractivity contribution in [2.75, 3.05) is 0 Å². The van der Waals surface area contributed by atoms with Crippen LogP contribution in [0.3, 0.4) is 0 Å². The second-order valence-corrected chi connectivity index (χ2v) is 5.94. The molecule has 0 nitrogen and oxygen atoms in total. The van der Waals surface area contributed by atoms with Crippen molar-refractivity contribution < 1.29 is 4.39 Å². The molecule has 3 aromatic rings. The van der Waals surface area contributed by atoms with Crippen molar-refractivity contribution in [1.29, 1.82) is 0 Å². The molecular weight excluding hydrogens is 283 g/mol. The highest BCUT2D eigenvalue weighted by Crippen LogP contribution is 2.39. The molecule has 0 unspecified atom stereocenters. The van der Waals surface area contributed by atoms with E-state index in [1.54, 1.807) is 0 Å². The van der Waals surface area contributed by atoms with Crippen LogP contribution in [-0.4, -0.2) is 0 Å². The molecule has 0 saturated carbocycles. The van der Waals surface area contributed by atoms with Crippen molar-refractivity contribution in [2.45, 2.75) is 13.3 Å². The zero-order chi connectivity index (χ0) is 15.8. The summed E-state index contributed by atoms with van der Waals surface area (Å²) < 4.78 is 13.4. The van der Waals surface area contributed by atoms with Gasteiger partial charge < -0.3 is 0 Å². The van der Waals surface area contributed by atoms with Crippen molar-refractivity contribution in [2.24, 2.45) is 0 Å². The zero-order valence-corrected chi connectivity index (χ0v) is 13.0. The average Bonchev–Trinajstić information content (AvgIpc) is 2.83. The number of hydrogen-bond acceptors (Lipinski definition) is 0. The molecule has 0 aromatic heterocycles. The van der Waals surface area contributed by atoms with Crippen LogP contribution >= 0.6 is 0 Å². The summed E-state index contributed by atoms with van der Waals surface area (Å²) in [4.78, 5) is 0. The lowest BCUT2D eigenvalue weighted by atomic mass is 9.85. The number of rotatable bonds is 1. The SMILES string of the molecule is Cc1c2c(c(-c3ccc(F)cc3)c3ccccc13)C=CC=CC2. The van der Waals surface area contributed by atoms with Crippen molar-refractivity contribution in [1.82, 2.24) is 0 Å². The molecule has 112 valence electrons. The van der Waals surface area contributed by atoms with E-state index in [4.69, 9.17) is 0 Å². The predicted molar refractivity (Wildman–Crippen MR) is 96.0 cm³/mol. The van der Waals surface area contributed by atoms with Crippen LogP contribution in [0.2, 0.25) is 0 Å². The van der Waals surface area contributed by atoms with Crippen LogP contribution in [0.1, 0.15) is 16.7 Å². The van der Waals surface area contributed by atoms with Crippen molar-refractivity contribution in [3.8, 4) is 11.1 Å². The van der Waals surface area contributed by atoms with Gasteiger partial charge in [-0.15, -0.1) is 0 Å². The molecule has 1 heteroatoms. The van der Waals surface area contributed by atoms with Gasteiger partial charge in [0.25, 0.3) is 0 Å². The van der Waals surface area contributed by atoms with Crippen molar-refractivity contribution in [3.05, 3.63) is 89.3 Å². The highest BCUT2D eigenvalue weighted by atomic mass is 19.1. The zero-order valence-electron chi connectivity index (χ0n) is 13.0. The molecule has 0 aliphatic heterocycles. The number of hydrogen-bond donors (Lipinski definition) is 0. The fourth-order valence-electron chi connectivity index (χ4n) is 3.48. The van der Waals surface area contributed by atoms with Gasteiger partial charge in [0.15, 0.2) is 0 Å². The Bertz CT molecular complexity index is 944. The lowest BCUT2D eigenvalue weighted by molar-refractivity contribution is 0.628. The molecule has 0 saturated heterocycles. The molecule has 0 radical (unpaired) electrons. The van der Waals surface area contributed by atoms with E-state index in [1.807, 2.05) is 12.1 Å². The molecule has 0 spiro atoms. The minimum atomic E-state index is -0.200. The Balaban J connectivity index is 2.15. The standard InChI is InChI=1S/C22H17F/c1-15-18-7-3-2-4-9-20(18)22(16-11-13-17(23)14-12-16)21-10-6-5-8-19(15)21/h2-6,8-14H,7H2,1H3. The van der Waals surface area contributed by atoms with E-state index in [0.29, 0.717) is 0 Å². The molecule has 1 aliphatic rings. The van der Waals surface area contributed by atoms with E-state index in [2.05, 4.69) is 55.5 Å². The molecule has 4 rings (SSSR count). The Morgan fingerprint density at radius 3 is 2.39 bits per heavy atom. The van der Waals surface area contributed by atoms with Gasteiger partial charge in [-0.3, -0.25) is 0 Å². The summed E-state index contributed by atoms with van der Waals surface area (Å²) in [6, 6.07) is 15.3. The molecule has 0 amide bonds.